The lowest BCUT2D eigenvalue weighted by atomic mass is 10.1. The SMILES string of the molecule is CC(=O)c1ccccc1OCCCC[NH+]1C[C@@H](C)O[C@H](C)C1. The zero-order chi connectivity index (χ0) is 15.9. The molecule has 0 radical (unpaired) electrons. The molecule has 4 heteroatoms. The molecule has 122 valence electrons. The van der Waals surface area contributed by atoms with Crippen LogP contribution in [0.5, 0.6) is 5.75 Å². The molecule has 1 aliphatic rings. The molecule has 0 amide bonds. The summed E-state index contributed by atoms with van der Waals surface area (Å²) in [5.74, 6) is 0.757. The van der Waals surface area contributed by atoms with E-state index in [2.05, 4.69) is 13.8 Å². The van der Waals surface area contributed by atoms with E-state index in [4.69, 9.17) is 9.47 Å². The number of carbonyl (C=O) groups is 1. The minimum absolute atomic E-state index is 0.0522. The van der Waals surface area contributed by atoms with Gasteiger partial charge in [0.2, 0.25) is 0 Å². The van der Waals surface area contributed by atoms with E-state index in [0.29, 0.717) is 30.1 Å². The Labute approximate surface area is 133 Å². The molecule has 22 heavy (non-hydrogen) atoms. The quantitative estimate of drug-likeness (QED) is 0.616. The Morgan fingerprint density at radius 1 is 1.23 bits per heavy atom. The molecule has 1 heterocycles. The van der Waals surface area contributed by atoms with Gasteiger partial charge in [0.15, 0.2) is 5.78 Å². The summed E-state index contributed by atoms with van der Waals surface area (Å²) in [4.78, 5) is 13.1. The first-order chi connectivity index (χ1) is 10.6. The van der Waals surface area contributed by atoms with Crippen LogP contribution in [-0.4, -0.2) is 44.2 Å². The van der Waals surface area contributed by atoms with Crippen molar-refractivity contribution in [1.82, 2.24) is 0 Å². The summed E-state index contributed by atoms with van der Waals surface area (Å²) in [6, 6.07) is 7.46. The highest BCUT2D eigenvalue weighted by Gasteiger charge is 2.24. The molecular weight excluding hydrogens is 278 g/mol. The smallest absolute Gasteiger partial charge is 0.163 e. The molecule has 1 fully saturated rings. The highest BCUT2D eigenvalue weighted by atomic mass is 16.5. The van der Waals surface area contributed by atoms with Crippen LogP contribution < -0.4 is 9.64 Å². The first kappa shape index (κ1) is 17.0. The molecule has 2 atom stereocenters. The second-order valence-corrected chi connectivity index (χ2v) is 6.27. The van der Waals surface area contributed by atoms with Crippen molar-refractivity contribution in [2.75, 3.05) is 26.2 Å². The third-order valence-corrected chi connectivity index (χ3v) is 4.07. The van der Waals surface area contributed by atoms with E-state index in [-0.39, 0.29) is 5.78 Å². The number of rotatable bonds is 7. The number of ether oxygens (including phenoxy) is 2. The Morgan fingerprint density at radius 3 is 2.59 bits per heavy atom. The van der Waals surface area contributed by atoms with E-state index in [0.717, 1.165) is 32.5 Å². The van der Waals surface area contributed by atoms with Crippen molar-refractivity contribution < 1.29 is 19.2 Å². The maximum Gasteiger partial charge on any atom is 0.163 e. The van der Waals surface area contributed by atoms with Crippen molar-refractivity contribution in [3.63, 3.8) is 0 Å². The number of hydrogen-bond donors (Lipinski definition) is 1. The third-order valence-electron chi connectivity index (χ3n) is 4.07. The summed E-state index contributed by atoms with van der Waals surface area (Å²) in [6.07, 6.45) is 2.87. The minimum Gasteiger partial charge on any atom is -0.493 e. The van der Waals surface area contributed by atoms with Gasteiger partial charge in [0.25, 0.3) is 0 Å². The van der Waals surface area contributed by atoms with Gasteiger partial charge in [-0.3, -0.25) is 4.79 Å². The van der Waals surface area contributed by atoms with Crippen molar-refractivity contribution in [3.05, 3.63) is 29.8 Å². The molecule has 1 aromatic carbocycles. The number of Topliss-reactive ketones (excluding diaryl/α,β-unsaturated/α-hetero) is 1. The topological polar surface area (TPSA) is 40.0 Å². The average molecular weight is 306 g/mol. The van der Waals surface area contributed by atoms with E-state index in [1.165, 1.54) is 0 Å². The lowest BCUT2D eigenvalue weighted by Crippen LogP contribution is -3.15. The molecule has 0 spiro atoms. The summed E-state index contributed by atoms with van der Waals surface area (Å²) in [5, 5.41) is 0. The zero-order valence-corrected chi connectivity index (χ0v) is 13.9. The van der Waals surface area contributed by atoms with Gasteiger partial charge < -0.3 is 14.4 Å². The number of unbranched alkanes of at least 4 members (excludes halogenated alkanes) is 1. The average Bonchev–Trinajstić information content (AvgIpc) is 2.46. The number of carbonyl (C=O) groups excluding carboxylic acids is 1. The highest BCUT2D eigenvalue weighted by Crippen LogP contribution is 2.18. The molecule has 4 nitrogen and oxygen atoms in total. The van der Waals surface area contributed by atoms with Crippen LogP contribution in [-0.2, 0) is 4.74 Å². The Morgan fingerprint density at radius 2 is 1.91 bits per heavy atom. The van der Waals surface area contributed by atoms with Crippen LogP contribution in [0, 0.1) is 0 Å². The van der Waals surface area contributed by atoms with Gasteiger partial charge in [-0.05, 0) is 45.7 Å². The number of benzene rings is 1. The highest BCUT2D eigenvalue weighted by molar-refractivity contribution is 5.96. The Balaban J connectivity index is 1.68. The summed E-state index contributed by atoms with van der Waals surface area (Å²) < 4.78 is 11.5. The molecule has 2 rings (SSSR count). The van der Waals surface area contributed by atoms with Crippen LogP contribution in [0.1, 0.15) is 44.0 Å². The minimum atomic E-state index is 0.0522. The molecule has 0 saturated carbocycles. The van der Waals surface area contributed by atoms with Gasteiger partial charge in [0.05, 0.1) is 18.7 Å². The molecule has 0 unspecified atom stereocenters. The molecule has 0 bridgehead atoms. The van der Waals surface area contributed by atoms with E-state index < -0.39 is 0 Å². The maximum atomic E-state index is 11.5. The van der Waals surface area contributed by atoms with Gasteiger partial charge in [0.1, 0.15) is 31.0 Å². The number of nitrogens with one attached hydrogen (secondary N) is 1. The molecule has 1 aromatic rings. The van der Waals surface area contributed by atoms with Gasteiger partial charge in [0, 0.05) is 0 Å². The number of morpholine rings is 1. The largest absolute Gasteiger partial charge is 0.493 e. The number of hydrogen-bond acceptors (Lipinski definition) is 3. The summed E-state index contributed by atoms with van der Waals surface area (Å²) in [5.41, 5.74) is 0.670. The number of para-hydroxylation sites is 1. The predicted molar refractivity (Wildman–Crippen MR) is 86.7 cm³/mol. The van der Waals surface area contributed by atoms with Crippen molar-refractivity contribution >= 4 is 5.78 Å². The second-order valence-electron chi connectivity index (χ2n) is 6.27. The predicted octanol–water partition coefficient (Wildman–Crippen LogP) is 1.74. The molecule has 1 saturated heterocycles. The first-order valence-corrected chi connectivity index (χ1v) is 8.28. The summed E-state index contributed by atoms with van der Waals surface area (Å²) >= 11 is 0. The van der Waals surface area contributed by atoms with Crippen LogP contribution in [0.4, 0.5) is 0 Å². The van der Waals surface area contributed by atoms with E-state index >= 15 is 0 Å². The normalized spacial score (nSPS) is 25.0. The lowest BCUT2D eigenvalue weighted by Gasteiger charge is -2.32. The van der Waals surface area contributed by atoms with Crippen LogP contribution >= 0.6 is 0 Å². The number of ketones is 1. The van der Waals surface area contributed by atoms with Crippen molar-refractivity contribution in [2.24, 2.45) is 0 Å². The van der Waals surface area contributed by atoms with Crippen molar-refractivity contribution in [3.8, 4) is 5.75 Å². The molecule has 1 aliphatic heterocycles. The summed E-state index contributed by atoms with van der Waals surface area (Å²) in [6.45, 7) is 9.90. The van der Waals surface area contributed by atoms with Gasteiger partial charge >= 0.3 is 0 Å². The molecule has 0 aromatic heterocycles. The maximum absolute atomic E-state index is 11.5. The Hall–Kier alpha value is -1.39. The Bertz CT molecular complexity index is 479. The van der Waals surface area contributed by atoms with Gasteiger partial charge in [-0.2, -0.15) is 0 Å². The van der Waals surface area contributed by atoms with E-state index in [1.54, 1.807) is 11.8 Å². The van der Waals surface area contributed by atoms with Crippen LogP contribution in [0.2, 0.25) is 0 Å². The van der Waals surface area contributed by atoms with Crippen molar-refractivity contribution in [2.45, 2.75) is 45.8 Å². The van der Waals surface area contributed by atoms with Gasteiger partial charge in [-0.1, -0.05) is 12.1 Å². The van der Waals surface area contributed by atoms with Gasteiger partial charge in [-0.15, -0.1) is 0 Å². The van der Waals surface area contributed by atoms with Crippen LogP contribution in [0.3, 0.4) is 0 Å². The summed E-state index contributed by atoms with van der Waals surface area (Å²) in [7, 11) is 0. The lowest BCUT2D eigenvalue weighted by molar-refractivity contribution is -0.915. The fourth-order valence-electron chi connectivity index (χ4n) is 3.14. The second kappa shape index (κ2) is 8.30. The van der Waals surface area contributed by atoms with Crippen molar-refractivity contribution in [1.29, 1.82) is 0 Å². The third kappa shape index (κ3) is 5.11. The monoisotopic (exact) mass is 306 g/mol. The molecule has 1 N–H and O–H groups in total. The van der Waals surface area contributed by atoms with E-state index in [1.807, 2.05) is 24.3 Å². The molecular formula is C18H28NO3+. The fourth-order valence-corrected chi connectivity index (χ4v) is 3.14. The zero-order valence-electron chi connectivity index (χ0n) is 13.9. The fraction of sp³-hybridized carbons (Fsp3) is 0.611. The van der Waals surface area contributed by atoms with Crippen LogP contribution in [0.25, 0.3) is 0 Å². The first-order valence-electron chi connectivity index (χ1n) is 8.28. The van der Waals surface area contributed by atoms with Gasteiger partial charge in [-0.25, -0.2) is 0 Å². The standard InChI is InChI=1S/C18H27NO3/c1-14-12-19(13-15(2)22-14)10-6-7-11-21-18-9-5-4-8-17(18)16(3)20/h4-5,8-9,14-15H,6-7,10-13H2,1-3H3/p+1/t14-,15-/m1/s1. The Kier molecular flexibility index (Phi) is 6.40. The number of quaternary nitrogens is 1. The van der Waals surface area contributed by atoms with E-state index in [9.17, 15) is 4.79 Å². The van der Waals surface area contributed by atoms with Crippen LogP contribution in [0.15, 0.2) is 24.3 Å². The molecule has 0 aliphatic carbocycles.